The molecule has 23 heavy (non-hydrogen) atoms. The summed E-state index contributed by atoms with van der Waals surface area (Å²) in [5, 5.41) is 3.84. The van der Waals surface area contributed by atoms with Crippen molar-refractivity contribution in [3.8, 4) is 11.1 Å². The molecule has 0 amide bonds. The Kier molecular flexibility index (Phi) is 3.82. The maximum atomic E-state index is 14.0. The Balaban J connectivity index is 2.26. The molecular weight excluding hydrogens is 341 g/mol. The zero-order valence-corrected chi connectivity index (χ0v) is 13.4. The lowest BCUT2D eigenvalue weighted by Crippen LogP contribution is -2.01. The molecule has 0 aliphatic rings. The molecule has 3 heterocycles. The first-order chi connectivity index (χ1) is 10.9. The first kappa shape index (κ1) is 15.5. The van der Waals surface area contributed by atoms with Crippen LogP contribution in [0.3, 0.4) is 0 Å². The van der Waals surface area contributed by atoms with Gasteiger partial charge in [0, 0.05) is 30.6 Å². The van der Waals surface area contributed by atoms with E-state index in [0.717, 1.165) is 11.3 Å². The molecule has 3 aromatic rings. The van der Waals surface area contributed by atoms with Gasteiger partial charge < -0.3 is 0 Å². The SMILES string of the molecule is Cn1cc(S(=O)(=O)c2sc(C=O)cc2-c2cccnc2F)cn1. The van der Waals surface area contributed by atoms with Crippen LogP contribution in [0.5, 0.6) is 0 Å². The van der Waals surface area contributed by atoms with Crippen molar-refractivity contribution >= 4 is 27.5 Å². The molecule has 3 aromatic heterocycles. The smallest absolute Gasteiger partial charge is 0.220 e. The quantitative estimate of drug-likeness (QED) is 0.532. The summed E-state index contributed by atoms with van der Waals surface area (Å²) in [5.74, 6) is -0.801. The van der Waals surface area contributed by atoms with Gasteiger partial charge in [0.15, 0.2) is 6.29 Å². The van der Waals surface area contributed by atoms with Gasteiger partial charge in [-0.05, 0) is 18.2 Å². The summed E-state index contributed by atoms with van der Waals surface area (Å²) in [6.45, 7) is 0. The van der Waals surface area contributed by atoms with Gasteiger partial charge in [0.2, 0.25) is 15.8 Å². The van der Waals surface area contributed by atoms with Crippen molar-refractivity contribution in [3.05, 3.63) is 47.6 Å². The minimum Gasteiger partial charge on any atom is -0.297 e. The molecule has 9 heteroatoms. The highest BCUT2D eigenvalue weighted by Gasteiger charge is 2.28. The molecule has 0 aliphatic heterocycles. The maximum Gasteiger partial charge on any atom is 0.220 e. The van der Waals surface area contributed by atoms with Crippen molar-refractivity contribution in [2.24, 2.45) is 7.05 Å². The second kappa shape index (κ2) is 5.67. The summed E-state index contributed by atoms with van der Waals surface area (Å²) in [6, 6.07) is 4.26. The van der Waals surface area contributed by atoms with Crippen LogP contribution >= 0.6 is 11.3 Å². The van der Waals surface area contributed by atoms with E-state index in [1.54, 1.807) is 7.05 Å². The second-order valence-corrected chi connectivity index (χ2v) is 7.89. The number of carbonyl (C=O) groups is 1. The number of aldehydes is 1. The molecule has 3 rings (SSSR count). The molecule has 0 aliphatic carbocycles. The van der Waals surface area contributed by atoms with Gasteiger partial charge in [-0.2, -0.15) is 9.49 Å². The van der Waals surface area contributed by atoms with Gasteiger partial charge in [-0.3, -0.25) is 9.48 Å². The summed E-state index contributed by atoms with van der Waals surface area (Å²) >= 11 is 0.787. The van der Waals surface area contributed by atoms with Gasteiger partial charge >= 0.3 is 0 Å². The van der Waals surface area contributed by atoms with Gasteiger partial charge in [0.25, 0.3) is 0 Å². The fraction of sp³-hybridized carbons (Fsp3) is 0.0714. The second-order valence-electron chi connectivity index (χ2n) is 4.66. The molecule has 0 aromatic carbocycles. The van der Waals surface area contributed by atoms with Crippen molar-refractivity contribution < 1.29 is 17.6 Å². The van der Waals surface area contributed by atoms with E-state index in [-0.39, 0.29) is 25.1 Å². The molecule has 0 unspecified atom stereocenters. The number of hydrogen-bond acceptors (Lipinski definition) is 6. The summed E-state index contributed by atoms with van der Waals surface area (Å²) in [7, 11) is -2.33. The van der Waals surface area contributed by atoms with Crippen LogP contribution < -0.4 is 0 Å². The minimum absolute atomic E-state index is 0.0233. The highest BCUT2D eigenvalue weighted by atomic mass is 32.2. The Bertz CT molecular complexity index is 992. The molecule has 0 bridgehead atoms. The van der Waals surface area contributed by atoms with Crippen LogP contribution in [0.1, 0.15) is 9.67 Å². The van der Waals surface area contributed by atoms with Crippen molar-refractivity contribution in [1.82, 2.24) is 14.8 Å². The first-order valence-electron chi connectivity index (χ1n) is 6.37. The topological polar surface area (TPSA) is 81.9 Å². The van der Waals surface area contributed by atoms with Crippen LogP contribution in [0.4, 0.5) is 4.39 Å². The summed E-state index contributed by atoms with van der Waals surface area (Å²) in [5.41, 5.74) is 0.144. The number of thiophene rings is 1. The van der Waals surface area contributed by atoms with Crippen LogP contribution in [-0.4, -0.2) is 29.5 Å². The molecule has 0 N–H and O–H groups in total. The number of hydrogen-bond donors (Lipinski definition) is 0. The molecule has 6 nitrogen and oxygen atoms in total. The Morgan fingerprint density at radius 1 is 1.35 bits per heavy atom. The van der Waals surface area contributed by atoms with Gasteiger partial charge in [-0.15, -0.1) is 11.3 Å². The predicted molar refractivity (Wildman–Crippen MR) is 81.6 cm³/mol. The average molecular weight is 351 g/mol. The summed E-state index contributed by atoms with van der Waals surface area (Å²) in [6.07, 6.45) is 4.35. The van der Waals surface area contributed by atoms with E-state index in [4.69, 9.17) is 0 Å². The van der Waals surface area contributed by atoms with E-state index in [1.807, 2.05) is 0 Å². The lowest BCUT2D eigenvalue weighted by Gasteiger charge is -2.04. The number of pyridine rings is 1. The fourth-order valence-corrected chi connectivity index (χ4v) is 4.95. The Hall–Kier alpha value is -2.39. The number of rotatable bonds is 4. The number of aromatic nitrogens is 3. The normalized spacial score (nSPS) is 11.6. The number of aryl methyl sites for hydroxylation is 1. The summed E-state index contributed by atoms with van der Waals surface area (Å²) in [4.78, 5) is 14.7. The third-order valence-electron chi connectivity index (χ3n) is 3.12. The monoisotopic (exact) mass is 351 g/mol. The molecule has 0 spiro atoms. The average Bonchev–Trinajstić information content (AvgIpc) is 3.14. The predicted octanol–water partition coefficient (Wildman–Crippen LogP) is 2.33. The zero-order valence-electron chi connectivity index (χ0n) is 11.8. The molecule has 0 fully saturated rings. The van der Waals surface area contributed by atoms with E-state index >= 15 is 0 Å². The fourth-order valence-electron chi connectivity index (χ4n) is 2.07. The highest BCUT2D eigenvalue weighted by molar-refractivity contribution is 7.93. The van der Waals surface area contributed by atoms with Gasteiger partial charge in [-0.1, -0.05) is 0 Å². The number of sulfone groups is 1. The lowest BCUT2D eigenvalue weighted by molar-refractivity contribution is 0.112. The van der Waals surface area contributed by atoms with Gasteiger partial charge in [0.05, 0.1) is 11.1 Å². The first-order valence-corrected chi connectivity index (χ1v) is 8.67. The Morgan fingerprint density at radius 2 is 2.13 bits per heavy atom. The largest absolute Gasteiger partial charge is 0.297 e. The van der Waals surface area contributed by atoms with Crippen molar-refractivity contribution in [2.45, 2.75) is 9.10 Å². The number of carbonyl (C=O) groups excluding carboxylic acids is 1. The minimum atomic E-state index is -3.92. The summed E-state index contributed by atoms with van der Waals surface area (Å²) < 4.78 is 40.8. The molecule has 0 saturated carbocycles. The van der Waals surface area contributed by atoms with E-state index in [1.165, 1.54) is 41.5 Å². The highest BCUT2D eigenvalue weighted by Crippen LogP contribution is 2.38. The molecule has 0 atom stereocenters. The van der Waals surface area contributed by atoms with E-state index in [0.29, 0.717) is 6.29 Å². The van der Waals surface area contributed by atoms with Crippen molar-refractivity contribution in [1.29, 1.82) is 0 Å². The van der Waals surface area contributed by atoms with Crippen LogP contribution in [0.25, 0.3) is 11.1 Å². The van der Waals surface area contributed by atoms with Gasteiger partial charge in [0.1, 0.15) is 9.10 Å². The van der Waals surface area contributed by atoms with E-state index in [9.17, 15) is 17.6 Å². The van der Waals surface area contributed by atoms with Crippen LogP contribution in [-0.2, 0) is 16.9 Å². The van der Waals surface area contributed by atoms with Crippen LogP contribution in [0.2, 0.25) is 0 Å². The van der Waals surface area contributed by atoms with Gasteiger partial charge in [-0.25, -0.2) is 13.4 Å². The van der Waals surface area contributed by atoms with Crippen LogP contribution in [0, 0.1) is 5.95 Å². The van der Waals surface area contributed by atoms with E-state index in [2.05, 4.69) is 10.1 Å². The third kappa shape index (κ3) is 2.68. The number of nitrogens with zero attached hydrogens (tertiary/aromatic N) is 3. The third-order valence-corrected chi connectivity index (χ3v) is 6.42. The maximum absolute atomic E-state index is 14.0. The van der Waals surface area contributed by atoms with E-state index < -0.39 is 15.8 Å². The van der Waals surface area contributed by atoms with Crippen molar-refractivity contribution in [2.75, 3.05) is 0 Å². The lowest BCUT2D eigenvalue weighted by atomic mass is 10.1. The molecule has 0 radical (unpaired) electrons. The standard InChI is InChI=1S/C14H10FN3O3S2/c1-18-7-10(6-17-18)23(20,21)14-12(5-9(8-19)22-14)11-3-2-4-16-13(11)15/h2-8H,1H3. The molecule has 118 valence electrons. The Morgan fingerprint density at radius 3 is 2.74 bits per heavy atom. The molecular formula is C14H10FN3O3S2. The van der Waals surface area contributed by atoms with Crippen LogP contribution in [0.15, 0.2) is 45.9 Å². The number of halogens is 1. The van der Waals surface area contributed by atoms with Crippen molar-refractivity contribution in [3.63, 3.8) is 0 Å². The Labute approximate surface area is 135 Å². The molecule has 0 saturated heterocycles. The zero-order chi connectivity index (χ0) is 16.6.